The van der Waals surface area contributed by atoms with E-state index in [0.29, 0.717) is 23.1 Å². The van der Waals surface area contributed by atoms with E-state index in [4.69, 9.17) is 14.2 Å². The van der Waals surface area contributed by atoms with Gasteiger partial charge in [-0.15, -0.1) is 0 Å². The minimum atomic E-state index is -0.945. The predicted molar refractivity (Wildman–Crippen MR) is 110 cm³/mol. The average molecular weight is 402 g/mol. The monoisotopic (exact) mass is 402 g/mol. The normalized spacial score (nSPS) is 11.3. The van der Waals surface area contributed by atoms with Crippen LogP contribution < -0.4 is 0 Å². The number of carbonyl (C=O) groups excluding carboxylic acids is 3. The van der Waals surface area contributed by atoms with E-state index in [1.54, 1.807) is 32.0 Å². The van der Waals surface area contributed by atoms with Crippen LogP contribution in [0.15, 0.2) is 43.5 Å². The van der Waals surface area contributed by atoms with Crippen LogP contribution in [0.1, 0.15) is 57.7 Å². The lowest BCUT2D eigenvalue weighted by Crippen LogP contribution is -2.34. The summed E-state index contributed by atoms with van der Waals surface area (Å²) in [5.41, 5.74) is 0.465. The fourth-order valence-electron chi connectivity index (χ4n) is 2.28. The van der Waals surface area contributed by atoms with Crippen molar-refractivity contribution < 1.29 is 28.6 Å². The molecule has 1 aromatic rings. The minimum Gasteiger partial charge on any atom is -0.458 e. The molecular weight excluding hydrogens is 372 g/mol. The zero-order valence-electron chi connectivity index (χ0n) is 17.9. The van der Waals surface area contributed by atoms with E-state index in [1.165, 1.54) is 0 Å². The Morgan fingerprint density at radius 3 is 1.72 bits per heavy atom. The molecule has 0 saturated heterocycles. The first-order chi connectivity index (χ1) is 13.4. The van der Waals surface area contributed by atoms with Crippen LogP contribution in [0.5, 0.6) is 0 Å². The second kappa shape index (κ2) is 10.0. The fraction of sp³-hybridized carbons (Fsp3) is 0.435. The van der Waals surface area contributed by atoms with Gasteiger partial charge in [0.1, 0.15) is 18.8 Å². The molecule has 6 heteroatoms. The van der Waals surface area contributed by atoms with Crippen molar-refractivity contribution in [3.63, 3.8) is 0 Å². The highest BCUT2D eigenvalue weighted by Gasteiger charge is 2.34. The number of hydrogen-bond donors (Lipinski definition) is 0. The summed E-state index contributed by atoms with van der Waals surface area (Å²) >= 11 is 0. The van der Waals surface area contributed by atoms with E-state index in [9.17, 15) is 14.4 Å². The number of ether oxygens (including phenoxy) is 3. The summed E-state index contributed by atoms with van der Waals surface area (Å²) in [5.74, 6) is -1.41. The van der Waals surface area contributed by atoms with Gasteiger partial charge in [-0.3, -0.25) is 4.79 Å². The van der Waals surface area contributed by atoms with Crippen molar-refractivity contribution in [2.75, 3.05) is 0 Å². The van der Waals surface area contributed by atoms with Gasteiger partial charge >= 0.3 is 17.9 Å². The Morgan fingerprint density at radius 1 is 0.897 bits per heavy atom. The van der Waals surface area contributed by atoms with Crippen LogP contribution in [0.3, 0.4) is 0 Å². The molecule has 1 rings (SSSR count). The lowest BCUT2D eigenvalue weighted by molar-refractivity contribution is -0.168. The van der Waals surface area contributed by atoms with Gasteiger partial charge in [0.25, 0.3) is 0 Å². The third-order valence-corrected chi connectivity index (χ3v) is 4.63. The van der Waals surface area contributed by atoms with E-state index in [1.807, 2.05) is 20.8 Å². The summed E-state index contributed by atoms with van der Waals surface area (Å²) in [5, 5.41) is 0. The third kappa shape index (κ3) is 7.22. The Morgan fingerprint density at radius 2 is 1.34 bits per heavy atom. The summed E-state index contributed by atoms with van der Waals surface area (Å²) in [7, 11) is 0. The molecule has 0 aliphatic rings. The molecule has 0 aliphatic carbocycles. The number of rotatable bonds is 10. The molecule has 6 nitrogen and oxygen atoms in total. The van der Waals surface area contributed by atoms with E-state index in [2.05, 4.69) is 13.2 Å². The number of hydrogen-bond acceptors (Lipinski definition) is 6. The summed E-state index contributed by atoms with van der Waals surface area (Å²) in [4.78, 5) is 35.4. The minimum absolute atomic E-state index is 0.00553. The predicted octanol–water partition coefficient (Wildman–Crippen LogP) is 4.36. The van der Waals surface area contributed by atoms with Crippen LogP contribution in [-0.2, 0) is 47.4 Å². The van der Waals surface area contributed by atoms with Crippen molar-refractivity contribution in [2.24, 2.45) is 5.41 Å². The summed E-state index contributed by atoms with van der Waals surface area (Å²) < 4.78 is 16.0. The van der Waals surface area contributed by atoms with Gasteiger partial charge in [-0.2, -0.15) is 0 Å². The second-order valence-electron chi connectivity index (χ2n) is 7.80. The molecule has 0 aliphatic heterocycles. The Bertz CT molecular complexity index is 746. The van der Waals surface area contributed by atoms with E-state index in [-0.39, 0.29) is 19.2 Å². The molecule has 0 N–H and O–H groups in total. The van der Waals surface area contributed by atoms with Gasteiger partial charge < -0.3 is 14.2 Å². The fourth-order valence-corrected chi connectivity index (χ4v) is 2.28. The first kappa shape index (κ1) is 24.1. The molecule has 0 bridgehead atoms. The van der Waals surface area contributed by atoms with Crippen molar-refractivity contribution >= 4 is 17.9 Å². The van der Waals surface area contributed by atoms with Crippen LogP contribution >= 0.6 is 0 Å². The highest BCUT2D eigenvalue weighted by atomic mass is 16.6. The van der Waals surface area contributed by atoms with Crippen molar-refractivity contribution in [2.45, 2.75) is 59.9 Å². The van der Waals surface area contributed by atoms with Crippen LogP contribution in [0.4, 0.5) is 0 Å². The van der Waals surface area contributed by atoms with Crippen molar-refractivity contribution in [1.29, 1.82) is 0 Å². The molecule has 158 valence electrons. The van der Waals surface area contributed by atoms with Crippen LogP contribution in [0.25, 0.3) is 0 Å². The van der Waals surface area contributed by atoms with Gasteiger partial charge in [-0.25, -0.2) is 9.59 Å². The SMILES string of the molecule is C=CC(=O)OCc1cc(COC(=O)C=C)cc(C(C)(C)OC(=O)C(C)(C)CC)c1. The average Bonchev–Trinajstić information content (AvgIpc) is 2.69. The Hall–Kier alpha value is -2.89. The maximum absolute atomic E-state index is 12.6. The standard InChI is InChI=1S/C23H30O6/c1-8-19(24)27-14-16-11-17(15-28-20(25)9-2)13-18(12-16)23(6,7)29-21(26)22(4,5)10-3/h8-9,11-13H,1-2,10,14-15H2,3-7H3. The van der Waals surface area contributed by atoms with Gasteiger partial charge in [0, 0.05) is 12.2 Å². The van der Waals surface area contributed by atoms with Gasteiger partial charge in [-0.1, -0.05) is 20.1 Å². The number of benzene rings is 1. The quantitative estimate of drug-likeness (QED) is 0.329. The molecule has 29 heavy (non-hydrogen) atoms. The molecule has 0 amide bonds. The van der Waals surface area contributed by atoms with Gasteiger partial charge in [-0.05, 0) is 69.0 Å². The summed E-state index contributed by atoms with van der Waals surface area (Å²) in [6, 6.07) is 5.34. The van der Waals surface area contributed by atoms with Crippen LogP contribution in [0, 0.1) is 5.41 Å². The van der Waals surface area contributed by atoms with Gasteiger partial charge in [0.05, 0.1) is 5.41 Å². The lowest BCUT2D eigenvalue weighted by atomic mass is 9.89. The number of esters is 3. The molecule has 0 radical (unpaired) electrons. The smallest absolute Gasteiger partial charge is 0.330 e. The Kier molecular flexibility index (Phi) is 8.37. The molecular formula is C23H30O6. The number of carbonyl (C=O) groups is 3. The molecule has 0 saturated carbocycles. The molecule has 0 atom stereocenters. The van der Waals surface area contributed by atoms with Crippen molar-refractivity contribution in [3.8, 4) is 0 Å². The van der Waals surface area contributed by atoms with Gasteiger partial charge in [0.15, 0.2) is 0 Å². The van der Waals surface area contributed by atoms with E-state index >= 15 is 0 Å². The molecule has 0 spiro atoms. The third-order valence-electron chi connectivity index (χ3n) is 4.63. The summed E-state index contributed by atoms with van der Waals surface area (Å²) in [6.07, 6.45) is 2.80. The second-order valence-corrected chi connectivity index (χ2v) is 7.80. The highest BCUT2D eigenvalue weighted by Crippen LogP contribution is 2.32. The van der Waals surface area contributed by atoms with Crippen molar-refractivity contribution in [1.82, 2.24) is 0 Å². The summed E-state index contributed by atoms with van der Waals surface area (Å²) in [6.45, 7) is 15.9. The molecule has 0 aromatic heterocycles. The first-order valence-electron chi connectivity index (χ1n) is 9.40. The molecule has 0 fully saturated rings. The van der Waals surface area contributed by atoms with E-state index < -0.39 is 23.0 Å². The van der Waals surface area contributed by atoms with E-state index in [0.717, 1.165) is 12.2 Å². The Balaban J connectivity index is 3.21. The molecule has 0 heterocycles. The first-order valence-corrected chi connectivity index (χ1v) is 9.40. The molecule has 0 unspecified atom stereocenters. The zero-order valence-corrected chi connectivity index (χ0v) is 17.9. The lowest BCUT2D eigenvalue weighted by Gasteiger charge is -2.31. The Labute approximate surface area is 172 Å². The topological polar surface area (TPSA) is 78.9 Å². The van der Waals surface area contributed by atoms with Gasteiger partial charge in [0.2, 0.25) is 0 Å². The maximum Gasteiger partial charge on any atom is 0.330 e. The maximum atomic E-state index is 12.6. The highest BCUT2D eigenvalue weighted by molar-refractivity contribution is 5.81. The largest absolute Gasteiger partial charge is 0.458 e. The van der Waals surface area contributed by atoms with Crippen LogP contribution in [-0.4, -0.2) is 17.9 Å². The zero-order chi connectivity index (χ0) is 22.2. The molecule has 1 aromatic carbocycles. The van der Waals surface area contributed by atoms with Crippen molar-refractivity contribution in [3.05, 3.63) is 60.2 Å². The van der Waals surface area contributed by atoms with Crippen LogP contribution in [0.2, 0.25) is 0 Å².